The van der Waals surface area contributed by atoms with Crippen LogP contribution < -0.4 is 0 Å². The van der Waals surface area contributed by atoms with Gasteiger partial charge in [0.1, 0.15) is 6.61 Å². The van der Waals surface area contributed by atoms with Gasteiger partial charge in [0.2, 0.25) is 0 Å². The lowest BCUT2D eigenvalue weighted by Crippen LogP contribution is -2.42. The minimum absolute atomic E-state index is 0.182. The van der Waals surface area contributed by atoms with Gasteiger partial charge in [0.15, 0.2) is 5.41 Å². The maximum Gasteiger partial charge on any atom is 0.323 e. The van der Waals surface area contributed by atoms with Gasteiger partial charge in [-0.2, -0.15) is 0 Å². The Bertz CT molecular complexity index is 516. The molecule has 0 aromatic heterocycles. The van der Waals surface area contributed by atoms with Crippen molar-refractivity contribution in [3.8, 4) is 0 Å². The van der Waals surface area contributed by atoms with Gasteiger partial charge in [-0.25, -0.2) is 0 Å². The second kappa shape index (κ2) is 12.5. The molecule has 0 N–H and O–H groups in total. The second-order valence-corrected chi connectivity index (χ2v) is 6.84. The summed E-state index contributed by atoms with van der Waals surface area (Å²) in [6.07, 6.45) is 6.17. The van der Waals surface area contributed by atoms with Crippen molar-refractivity contribution in [3.63, 3.8) is 0 Å². The summed E-state index contributed by atoms with van der Waals surface area (Å²) in [6, 6.07) is 9.55. The van der Waals surface area contributed by atoms with Gasteiger partial charge in [-0.15, -0.1) is 0 Å². The molecule has 26 heavy (non-hydrogen) atoms. The first-order chi connectivity index (χ1) is 12.6. The molecule has 0 bridgehead atoms. The normalized spacial score (nSPS) is 11.2. The van der Waals surface area contributed by atoms with E-state index in [9.17, 15) is 9.59 Å². The van der Waals surface area contributed by atoms with E-state index in [1.54, 1.807) is 0 Å². The lowest BCUT2D eigenvalue weighted by Gasteiger charge is -2.29. The van der Waals surface area contributed by atoms with Gasteiger partial charge in [-0.05, 0) is 24.8 Å². The SMILES string of the molecule is CCCCOC(=O)C(CCCC)(CCCC)C(=O)OCc1ccccc1. The van der Waals surface area contributed by atoms with E-state index in [1.807, 2.05) is 37.3 Å². The Labute approximate surface area is 158 Å². The largest absolute Gasteiger partial charge is 0.465 e. The smallest absolute Gasteiger partial charge is 0.323 e. The Kier molecular flexibility index (Phi) is 10.7. The highest BCUT2D eigenvalue weighted by Crippen LogP contribution is 2.35. The molecule has 0 saturated heterocycles. The van der Waals surface area contributed by atoms with Gasteiger partial charge >= 0.3 is 11.9 Å². The second-order valence-electron chi connectivity index (χ2n) is 6.84. The molecule has 0 amide bonds. The average Bonchev–Trinajstić information content (AvgIpc) is 2.67. The molecule has 0 radical (unpaired) electrons. The number of rotatable bonds is 13. The van der Waals surface area contributed by atoms with E-state index in [0.717, 1.165) is 44.1 Å². The fraction of sp³-hybridized carbons (Fsp3) is 0.636. The first-order valence-corrected chi connectivity index (χ1v) is 9.99. The number of esters is 2. The monoisotopic (exact) mass is 362 g/mol. The van der Waals surface area contributed by atoms with Crippen molar-refractivity contribution in [1.29, 1.82) is 0 Å². The van der Waals surface area contributed by atoms with Crippen LogP contribution in [0.2, 0.25) is 0 Å². The zero-order valence-corrected chi connectivity index (χ0v) is 16.6. The summed E-state index contributed by atoms with van der Waals surface area (Å²) in [6.45, 7) is 6.71. The highest BCUT2D eigenvalue weighted by atomic mass is 16.6. The Balaban J connectivity index is 2.92. The van der Waals surface area contributed by atoms with Crippen LogP contribution in [-0.2, 0) is 25.7 Å². The summed E-state index contributed by atoms with van der Waals surface area (Å²) in [5.74, 6) is -0.851. The van der Waals surface area contributed by atoms with Crippen LogP contribution in [0.4, 0.5) is 0 Å². The van der Waals surface area contributed by atoms with Crippen LogP contribution in [0.5, 0.6) is 0 Å². The molecular formula is C22H34O4. The molecule has 0 fully saturated rings. The standard InChI is InChI=1S/C22H34O4/c1-4-7-15-22(16-8-5-2,20(23)25-17-9-6-3)21(24)26-18-19-13-11-10-12-14-19/h10-14H,4-9,15-18H2,1-3H3. The highest BCUT2D eigenvalue weighted by Gasteiger charge is 2.47. The molecule has 0 unspecified atom stereocenters. The predicted molar refractivity (Wildman–Crippen MR) is 104 cm³/mol. The van der Waals surface area contributed by atoms with Crippen LogP contribution >= 0.6 is 0 Å². The number of unbranched alkanes of at least 4 members (excludes halogenated alkanes) is 3. The van der Waals surface area contributed by atoms with E-state index >= 15 is 0 Å². The number of hydrogen-bond acceptors (Lipinski definition) is 4. The van der Waals surface area contributed by atoms with Crippen molar-refractivity contribution in [1.82, 2.24) is 0 Å². The summed E-state index contributed by atoms with van der Waals surface area (Å²) in [5, 5.41) is 0. The topological polar surface area (TPSA) is 52.6 Å². The summed E-state index contributed by atoms with van der Waals surface area (Å²) in [5.41, 5.74) is -0.255. The van der Waals surface area contributed by atoms with Crippen LogP contribution in [-0.4, -0.2) is 18.5 Å². The molecule has 4 nitrogen and oxygen atoms in total. The van der Waals surface area contributed by atoms with Crippen LogP contribution in [0.3, 0.4) is 0 Å². The van der Waals surface area contributed by atoms with Gasteiger partial charge in [0.05, 0.1) is 6.61 Å². The van der Waals surface area contributed by atoms with E-state index in [4.69, 9.17) is 9.47 Å². The van der Waals surface area contributed by atoms with Crippen molar-refractivity contribution in [2.45, 2.75) is 78.7 Å². The number of hydrogen-bond donors (Lipinski definition) is 0. The molecule has 0 atom stereocenters. The van der Waals surface area contributed by atoms with Crippen LogP contribution in [0.15, 0.2) is 30.3 Å². The van der Waals surface area contributed by atoms with Gasteiger partial charge in [0.25, 0.3) is 0 Å². The minimum Gasteiger partial charge on any atom is -0.465 e. The number of carbonyl (C=O) groups is 2. The molecule has 0 spiro atoms. The van der Waals surface area contributed by atoms with Crippen molar-refractivity contribution in [2.75, 3.05) is 6.61 Å². The molecule has 0 aliphatic carbocycles. The van der Waals surface area contributed by atoms with Gasteiger partial charge in [0, 0.05) is 0 Å². The van der Waals surface area contributed by atoms with Crippen molar-refractivity contribution < 1.29 is 19.1 Å². The number of benzene rings is 1. The Morgan fingerprint density at radius 3 is 1.88 bits per heavy atom. The summed E-state index contributed by atoms with van der Waals surface area (Å²) in [7, 11) is 0. The highest BCUT2D eigenvalue weighted by molar-refractivity contribution is 6.00. The molecule has 0 heterocycles. The minimum atomic E-state index is -1.17. The van der Waals surface area contributed by atoms with E-state index in [1.165, 1.54) is 0 Å². The van der Waals surface area contributed by atoms with E-state index < -0.39 is 17.4 Å². The lowest BCUT2D eigenvalue weighted by molar-refractivity contribution is -0.175. The van der Waals surface area contributed by atoms with Crippen molar-refractivity contribution >= 4 is 11.9 Å². The third-order valence-corrected chi connectivity index (χ3v) is 4.64. The fourth-order valence-corrected chi connectivity index (χ4v) is 2.88. The van der Waals surface area contributed by atoms with Crippen molar-refractivity contribution in [2.24, 2.45) is 5.41 Å². The van der Waals surface area contributed by atoms with E-state index in [0.29, 0.717) is 19.4 Å². The quantitative estimate of drug-likeness (QED) is 0.266. The molecule has 0 aliphatic rings. The molecule has 1 rings (SSSR count). The molecule has 0 aliphatic heterocycles. The third-order valence-electron chi connectivity index (χ3n) is 4.64. The van der Waals surface area contributed by atoms with Crippen molar-refractivity contribution in [3.05, 3.63) is 35.9 Å². The average molecular weight is 363 g/mol. The third kappa shape index (κ3) is 6.81. The van der Waals surface area contributed by atoms with Gasteiger partial charge in [-0.1, -0.05) is 83.2 Å². The van der Waals surface area contributed by atoms with Crippen LogP contribution in [0.25, 0.3) is 0 Å². The Hall–Kier alpha value is -1.84. The molecule has 1 aromatic carbocycles. The fourth-order valence-electron chi connectivity index (χ4n) is 2.88. The zero-order chi connectivity index (χ0) is 19.3. The Morgan fingerprint density at radius 2 is 1.35 bits per heavy atom. The molecular weight excluding hydrogens is 328 g/mol. The predicted octanol–water partition coefficient (Wildman–Crippen LogP) is 5.44. The maximum atomic E-state index is 13.0. The van der Waals surface area contributed by atoms with E-state index in [2.05, 4.69) is 13.8 Å². The zero-order valence-electron chi connectivity index (χ0n) is 16.6. The first kappa shape index (κ1) is 22.2. The number of ether oxygens (including phenoxy) is 2. The maximum absolute atomic E-state index is 13.0. The first-order valence-electron chi connectivity index (χ1n) is 9.99. The summed E-state index contributed by atoms with van der Waals surface area (Å²) in [4.78, 5) is 25.9. The molecule has 4 heteroatoms. The molecule has 0 saturated carbocycles. The molecule has 146 valence electrons. The van der Waals surface area contributed by atoms with Gasteiger partial charge in [-0.3, -0.25) is 9.59 Å². The Morgan fingerprint density at radius 1 is 0.808 bits per heavy atom. The lowest BCUT2D eigenvalue weighted by atomic mass is 9.78. The molecule has 1 aromatic rings. The van der Waals surface area contributed by atoms with E-state index in [-0.39, 0.29) is 6.61 Å². The van der Waals surface area contributed by atoms with Gasteiger partial charge < -0.3 is 9.47 Å². The van der Waals surface area contributed by atoms with Crippen LogP contribution in [0, 0.1) is 5.41 Å². The van der Waals surface area contributed by atoms with Crippen LogP contribution in [0.1, 0.15) is 77.7 Å². The summed E-state index contributed by atoms with van der Waals surface area (Å²) >= 11 is 0. The number of carbonyl (C=O) groups excluding carboxylic acids is 2. The summed E-state index contributed by atoms with van der Waals surface area (Å²) < 4.78 is 11.1.